The molecule has 1 rings (SSSR count). The summed E-state index contributed by atoms with van der Waals surface area (Å²) in [7, 11) is 1.73. The van der Waals surface area contributed by atoms with Gasteiger partial charge in [0.1, 0.15) is 0 Å². The third-order valence-electron chi connectivity index (χ3n) is 2.28. The van der Waals surface area contributed by atoms with Gasteiger partial charge in [-0.2, -0.15) is 0 Å². The average Bonchev–Trinajstić information content (AvgIpc) is 2.28. The fourth-order valence-electron chi connectivity index (χ4n) is 1.40. The lowest BCUT2D eigenvalue weighted by atomic mass is 10.2. The highest BCUT2D eigenvalue weighted by Crippen LogP contribution is 2.20. The van der Waals surface area contributed by atoms with Gasteiger partial charge in [0, 0.05) is 29.8 Å². The average molecular weight is 307 g/mol. The molecule has 0 heterocycles. The van der Waals surface area contributed by atoms with E-state index in [9.17, 15) is 0 Å². The zero-order chi connectivity index (χ0) is 11.8. The minimum atomic E-state index is 0.811. The molecule has 0 spiro atoms. The fraction of sp³-hybridized carbons (Fsp3) is 0.500. The van der Waals surface area contributed by atoms with E-state index >= 15 is 0 Å². The quantitative estimate of drug-likeness (QED) is 0.777. The summed E-state index contributed by atoms with van der Waals surface area (Å²) in [5, 5.41) is 4.18. The summed E-state index contributed by atoms with van der Waals surface area (Å²) in [6, 6.07) is 5.91. The van der Waals surface area contributed by atoms with Crippen LogP contribution in [0.2, 0.25) is 5.02 Å². The lowest BCUT2D eigenvalue weighted by molar-refractivity contribution is 0.192. The Labute approximate surface area is 110 Å². The number of rotatable bonds is 7. The van der Waals surface area contributed by atoms with Gasteiger partial charge in [-0.25, -0.2) is 0 Å². The van der Waals surface area contributed by atoms with E-state index in [0.29, 0.717) is 0 Å². The van der Waals surface area contributed by atoms with Crippen LogP contribution in [-0.2, 0) is 11.3 Å². The smallest absolute Gasteiger partial charge is 0.0462 e. The molecule has 1 aromatic rings. The van der Waals surface area contributed by atoms with E-state index in [2.05, 4.69) is 21.2 Å². The summed E-state index contributed by atoms with van der Waals surface area (Å²) in [4.78, 5) is 0. The van der Waals surface area contributed by atoms with E-state index in [1.807, 2.05) is 18.2 Å². The Hall–Kier alpha value is -0.0900. The van der Waals surface area contributed by atoms with Crippen LogP contribution >= 0.6 is 27.5 Å². The minimum absolute atomic E-state index is 0.811. The molecule has 0 saturated carbocycles. The third-order valence-corrected chi connectivity index (χ3v) is 3.14. The van der Waals surface area contributed by atoms with Crippen molar-refractivity contribution in [3.8, 4) is 0 Å². The van der Waals surface area contributed by atoms with Crippen molar-refractivity contribution in [2.45, 2.75) is 19.4 Å². The highest BCUT2D eigenvalue weighted by Gasteiger charge is 2.00. The Bertz CT molecular complexity index is 320. The SMILES string of the molecule is COCCCCNCc1cc(Br)ccc1Cl. The fourth-order valence-corrected chi connectivity index (χ4v) is 1.99. The molecule has 2 nitrogen and oxygen atoms in total. The molecule has 0 saturated heterocycles. The molecule has 0 aromatic heterocycles. The Balaban J connectivity index is 2.23. The zero-order valence-electron chi connectivity index (χ0n) is 9.43. The number of hydrogen-bond acceptors (Lipinski definition) is 2. The summed E-state index contributed by atoms with van der Waals surface area (Å²) >= 11 is 9.51. The van der Waals surface area contributed by atoms with Gasteiger partial charge < -0.3 is 10.1 Å². The molecule has 90 valence electrons. The van der Waals surface area contributed by atoms with Crippen molar-refractivity contribution in [1.82, 2.24) is 5.32 Å². The van der Waals surface area contributed by atoms with Crippen LogP contribution in [-0.4, -0.2) is 20.3 Å². The zero-order valence-corrected chi connectivity index (χ0v) is 11.8. The number of nitrogens with one attached hydrogen (secondary N) is 1. The number of ether oxygens (including phenoxy) is 1. The molecule has 0 bridgehead atoms. The maximum atomic E-state index is 6.08. The first kappa shape index (κ1) is 14.0. The lowest BCUT2D eigenvalue weighted by Crippen LogP contribution is -2.15. The molecule has 0 aliphatic rings. The van der Waals surface area contributed by atoms with Crippen molar-refractivity contribution < 1.29 is 4.74 Å². The molecule has 0 radical (unpaired) electrons. The maximum absolute atomic E-state index is 6.08. The monoisotopic (exact) mass is 305 g/mol. The van der Waals surface area contributed by atoms with Crippen LogP contribution in [0.15, 0.2) is 22.7 Å². The van der Waals surface area contributed by atoms with Gasteiger partial charge in [-0.3, -0.25) is 0 Å². The summed E-state index contributed by atoms with van der Waals surface area (Å²) in [6.07, 6.45) is 2.22. The van der Waals surface area contributed by atoms with Gasteiger partial charge in [0.05, 0.1) is 0 Å². The van der Waals surface area contributed by atoms with Crippen molar-refractivity contribution in [3.05, 3.63) is 33.3 Å². The molecule has 0 atom stereocenters. The molecule has 0 unspecified atom stereocenters. The van der Waals surface area contributed by atoms with Crippen LogP contribution in [0.25, 0.3) is 0 Å². The van der Waals surface area contributed by atoms with Crippen molar-refractivity contribution in [2.24, 2.45) is 0 Å². The van der Waals surface area contributed by atoms with Crippen LogP contribution in [0.3, 0.4) is 0 Å². The van der Waals surface area contributed by atoms with Crippen molar-refractivity contribution in [2.75, 3.05) is 20.3 Å². The number of methoxy groups -OCH3 is 1. The Morgan fingerprint density at radius 1 is 1.38 bits per heavy atom. The van der Waals surface area contributed by atoms with Crippen molar-refractivity contribution in [1.29, 1.82) is 0 Å². The molecule has 0 fully saturated rings. The van der Waals surface area contributed by atoms with Gasteiger partial charge in [-0.1, -0.05) is 27.5 Å². The van der Waals surface area contributed by atoms with E-state index in [1.165, 1.54) is 0 Å². The molecule has 0 aliphatic carbocycles. The highest BCUT2D eigenvalue weighted by molar-refractivity contribution is 9.10. The van der Waals surface area contributed by atoms with Gasteiger partial charge in [0.15, 0.2) is 0 Å². The first-order valence-electron chi connectivity index (χ1n) is 5.37. The number of halogens is 2. The van der Waals surface area contributed by atoms with Gasteiger partial charge in [-0.05, 0) is 43.1 Å². The minimum Gasteiger partial charge on any atom is -0.385 e. The highest BCUT2D eigenvalue weighted by atomic mass is 79.9. The number of benzene rings is 1. The second kappa shape index (κ2) is 8.07. The topological polar surface area (TPSA) is 21.3 Å². The number of hydrogen-bond donors (Lipinski definition) is 1. The normalized spacial score (nSPS) is 10.7. The molecule has 1 N–H and O–H groups in total. The van der Waals surface area contributed by atoms with Gasteiger partial charge in [0.2, 0.25) is 0 Å². The maximum Gasteiger partial charge on any atom is 0.0462 e. The first-order chi connectivity index (χ1) is 7.74. The predicted molar refractivity (Wildman–Crippen MR) is 72.0 cm³/mol. The van der Waals surface area contributed by atoms with E-state index in [4.69, 9.17) is 16.3 Å². The van der Waals surface area contributed by atoms with Crippen LogP contribution < -0.4 is 5.32 Å². The van der Waals surface area contributed by atoms with E-state index < -0.39 is 0 Å². The van der Waals surface area contributed by atoms with E-state index in [-0.39, 0.29) is 0 Å². The van der Waals surface area contributed by atoms with Crippen molar-refractivity contribution >= 4 is 27.5 Å². The molecule has 1 aromatic carbocycles. The molecule has 0 amide bonds. The van der Waals surface area contributed by atoms with Crippen LogP contribution in [0.5, 0.6) is 0 Å². The van der Waals surface area contributed by atoms with Gasteiger partial charge in [0.25, 0.3) is 0 Å². The summed E-state index contributed by atoms with van der Waals surface area (Å²) in [5.41, 5.74) is 1.13. The van der Waals surface area contributed by atoms with E-state index in [1.54, 1.807) is 7.11 Å². The Morgan fingerprint density at radius 3 is 2.94 bits per heavy atom. The lowest BCUT2D eigenvalue weighted by Gasteiger charge is -2.07. The van der Waals surface area contributed by atoms with Crippen LogP contribution in [0.1, 0.15) is 18.4 Å². The van der Waals surface area contributed by atoms with E-state index in [0.717, 1.165) is 47.6 Å². The second-order valence-electron chi connectivity index (χ2n) is 3.61. The van der Waals surface area contributed by atoms with Gasteiger partial charge in [-0.15, -0.1) is 0 Å². The van der Waals surface area contributed by atoms with Crippen molar-refractivity contribution in [3.63, 3.8) is 0 Å². The van der Waals surface area contributed by atoms with Gasteiger partial charge >= 0.3 is 0 Å². The van der Waals surface area contributed by atoms with Crippen LogP contribution in [0.4, 0.5) is 0 Å². The molecule has 4 heteroatoms. The Morgan fingerprint density at radius 2 is 2.19 bits per heavy atom. The second-order valence-corrected chi connectivity index (χ2v) is 4.94. The third kappa shape index (κ3) is 5.30. The van der Waals surface area contributed by atoms with Crippen LogP contribution in [0, 0.1) is 0 Å². The molecule has 0 aliphatic heterocycles. The first-order valence-corrected chi connectivity index (χ1v) is 6.54. The summed E-state index contributed by atoms with van der Waals surface area (Å²) < 4.78 is 6.05. The predicted octanol–water partition coefficient (Wildman–Crippen LogP) is 3.62. The number of unbranched alkanes of at least 4 members (excludes halogenated alkanes) is 1. The Kier molecular flexibility index (Phi) is 7.05. The largest absolute Gasteiger partial charge is 0.385 e. The molecule has 16 heavy (non-hydrogen) atoms. The standard InChI is InChI=1S/C12H17BrClNO/c1-16-7-3-2-6-15-9-10-8-11(13)4-5-12(10)14/h4-5,8,15H,2-3,6-7,9H2,1H3. The molecular weight excluding hydrogens is 289 g/mol. The molecular formula is C12H17BrClNO. The summed E-state index contributed by atoms with van der Waals surface area (Å²) in [6.45, 7) is 2.64. The summed E-state index contributed by atoms with van der Waals surface area (Å²) in [5.74, 6) is 0.